The number of carbonyl (C=O) groups is 2. The normalized spacial score (nSPS) is 13.2. The summed E-state index contributed by atoms with van der Waals surface area (Å²) in [5, 5.41) is 7.33. The van der Waals surface area contributed by atoms with Crippen molar-refractivity contribution in [1.29, 1.82) is 0 Å². The molecule has 0 aliphatic rings. The van der Waals surface area contributed by atoms with Crippen molar-refractivity contribution in [2.75, 3.05) is 20.6 Å². The number of amides is 1. The number of hydrogen-bond donors (Lipinski definition) is 4. The lowest BCUT2D eigenvalue weighted by Crippen LogP contribution is -2.28. The minimum Gasteiger partial charge on any atom is -0.484 e. The molecule has 2 heterocycles. The van der Waals surface area contributed by atoms with Crippen LogP contribution >= 0.6 is 11.3 Å². The van der Waals surface area contributed by atoms with Crippen molar-refractivity contribution in [3.8, 4) is 10.8 Å². The molecule has 1 unspecified atom stereocenters. The second-order valence-electron chi connectivity index (χ2n) is 10.0. The maximum Gasteiger partial charge on any atom is 0.416 e. The molecule has 2 atom stereocenters. The monoisotopic (exact) mass is 671 g/mol. The van der Waals surface area contributed by atoms with Gasteiger partial charge < -0.3 is 20.5 Å². The summed E-state index contributed by atoms with van der Waals surface area (Å²) in [7, 11) is -0.718. The van der Waals surface area contributed by atoms with Crippen molar-refractivity contribution in [3.05, 3.63) is 76.4 Å². The van der Waals surface area contributed by atoms with Crippen LogP contribution in [0.4, 0.5) is 13.2 Å². The van der Waals surface area contributed by atoms with Crippen molar-refractivity contribution >= 4 is 45.1 Å². The van der Waals surface area contributed by atoms with E-state index in [0.29, 0.717) is 41.0 Å². The first kappa shape index (κ1) is 35.4. The van der Waals surface area contributed by atoms with E-state index in [0.717, 1.165) is 17.4 Å². The summed E-state index contributed by atoms with van der Waals surface area (Å²) < 4.78 is 83.4. The Labute approximate surface area is 261 Å². The van der Waals surface area contributed by atoms with Gasteiger partial charge >= 0.3 is 16.5 Å². The van der Waals surface area contributed by atoms with Crippen LogP contribution in [-0.4, -0.2) is 65.5 Å². The van der Waals surface area contributed by atoms with E-state index in [1.54, 1.807) is 22.8 Å². The van der Waals surface area contributed by atoms with Crippen LogP contribution in [0.1, 0.15) is 58.3 Å². The summed E-state index contributed by atoms with van der Waals surface area (Å²) in [4.78, 5) is 27.0. The van der Waals surface area contributed by atoms with Crippen molar-refractivity contribution in [2.45, 2.75) is 38.1 Å². The minimum absolute atomic E-state index is 0.00828. The van der Waals surface area contributed by atoms with Crippen molar-refractivity contribution in [2.24, 2.45) is 5.73 Å². The fourth-order valence-electron chi connectivity index (χ4n) is 4.61. The number of rotatable bonds is 12. The Hall–Kier alpha value is -4.03. The number of carboxylic acid groups (broad SMARTS) is 1. The highest BCUT2D eigenvalue weighted by molar-refractivity contribution is 7.83. The molecule has 0 fully saturated rings. The number of carbonyl (C=O) groups excluding carboxylic acids is 1. The predicted molar refractivity (Wildman–Crippen MR) is 162 cm³/mol. The zero-order chi connectivity index (χ0) is 33.5. The number of primary amides is 1. The molecule has 0 aliphatic heterocycles. The number of fused-ring (bicyclic) bond motifs is 1. The van der Waals surface area contributed by atoms with Gasteiger partial charge in [-0.1, -0.05) is 24.3 Å². The van der Waals surface area contributed by atoms with E-state index in [2.05, 4.69) is 9.71 Å². The van der Waals surface area contributed by atoms with E-state index in [4.69, 9.17) is 20.4 Å². The molecule has 2 aromatic heterocycles. The Bertz CT molecular complexity index is 1740. The number of nitrogens with zero attached hydrogens (tertiary/aromatic N) is 3. The fourth-order valence-corrected chi connectivity index (χ4v) is 6.15. The average molecular weight is 672 g/mol. The van der Waals surface area contributed by atoms with Gasteiger partial charge in [-0.25, -0.2) is 4.98 Å². The number of halogens is 3. The van der Waals surface area contributed by atoms with E-state index in [-0.39, 0.29) is 22.7 Å². The van der Waals surface area contributed by atoms with Gasteiger partial charge in [0.2, 0.25) is 0 Å². The van der Waals surface area contributed by atoms with Crippen LogP contribution in [0.15, 0.2) is 54.9 Å². The molecule has 2 aromatic carbocycles. The Morgan fingerprint density at radius 2 is 1.89 bits per heavy atom. The lowest BCUT2D eigenvalue weighted by atomic mass is 10.0. The van der Waals surface area contributed by atoms with E-state index in [9.17, 15) is 30.9 Å². The molecule has 244 valence electrons. The lowest BCUT2D eigenvalue weighted by molar-refractivity contribution is -0.139. The Kier molecular flexibility index (Phi) is 11.7. The number of thiophene rings is 1. The molecule has 0 saturated carbocycles. The zero-order valence-electron chi connectivity index (χ0n) is 24.4. The molecule has 45 heavy (non-hydrogen) atoms. The summed E-state index contributed by atoms with van der Waals surface area (Å²) in [6.45, 7) is 1.90. The smallest absolute Gasteiger partial charge is 0.416 e. The standard InChI is InChI=1S/C27H30F3N5O5S2.CH2O2/c1-16(18-7-4-5-8-19(18)27(28,29)30)40-23-14-24(41-25(23)26(31)36)35-15-32-21-11-10-17(13-22(21)35)20(33-42(37,38)39)9-6-12-34(2)3;2-1-3/h4-5,7-8,10-11,13-16,20,33H,6,9,12H2,1-3H3,(H2,31,36)(H,37,38,39);1H,(H,2,3)/t16-,20?;/m1./s1. The third kappa shape index (κ3) is 9.48. The van der Waals surface area contributed by atoms with Gasteiger partial charge in [0.05, 0.1) is 16.6 Å². The van der Waals surface area contributed by atoms with Gasteiger partial charge in [0, 0.05) is 17.7 Å². The molecule has 12 nitrogen and oxygen atoms in total. The molecule has 0 aliphatic carbocycles. The van der Waals surface area contributed by atoms with Crippen molar-refractivity contribution in [1.82, 2.24) is 19.2 Å². The highest BCUT2D eigenvalue weighted by Crippen LogP contribution is 2.39. The summed E-state index contributed by atoms with van der Waals surface area (Å²) in [5.41, 5.74) is 6.33. The largest absolute Gasteiger partial charge is 0.484 e. The molecule has 1 amide bonds. The highest BCUT2D eigenvalue weighted by atomic mass is 32.2. The highest BCUT2D eigenvalue weighted by Gasteiger charge is 2.35. The van der Waals surface area contributed by atoms with Crippen LogP contribution in [0.2, 0.25) is 0 Å². The van der Waals surface area contributed by atoms with Gasteiger partial charge in [-0.3, -0.25) is 18.7 Å². The molecule has 0 radical (unpaired) electrons. The third-order valence-corrected chi connectivity index (χ3v) is 8.23. The molecular formula is C28H32F3N5O7S2. The quantitative estimate of drug-likeness (QED) is 0.121. The molecular weight excluding hydrogens is 639 g/mol. The van der Waals surface area contributed by atoms with E-state index in [1.807, 2.05) is 19.0 Å². The van der Waals surface area contributed by atoms with Gasteiger partial charge in [-0.2, -0.15) is 26.3 Å². The van der Waals surface area contributed by atoms with Gasteiger partial charge in [0.15, 0.2) is 0 Å². The van der Waals surface area contributed by atoms with Crippen molar-refractivity contribution < 1.29 is 45.6 Å². The van der Waals surface area contributed by atoms with Crippen LogP contribution in [0, 0.1) is 0 Å². The van der Waals surface area contributed by atoms with Crippen LogP contribution in [0.3, 0.4) is 0 Å². The second kappa shape index (κ2) is 14.8. The maximum absolute atomic E-state index is 13.6. The number of alkyl halides is 3. The molecule has 5 N–H and O–H groups in total. The average Bonchev–Trinajstić information content (AvgIpc) is 3.55. The number of aromatic nitrogens is 2. The lowest BCUT2D eigenvalue weighted by Gasteiger charge is -2.19. The molecule has 17 heteroatoms. The topological polar surface area (TPSA) is 177 Å². The fraction of sp³-hybridized carbons (Fsp3) is 0.321. The van der Waals surface area contributed by atoms with E-state index in [1.165, 1.54) is 37.5 Å². The predicted octanol–water partition coefficient (Wildman–Crippen LogP) is 4.82. The second-order valence-corrected chi connectivity index (χ2v) is 12.3. The molecule has 4 aromatic rings. The van der Waals surface area contributed by atoms with Crippen LogP contribution in [0.25, 0.3) is 16.0 Å². The van der Waals surface area contributed by atoms with Gasteiger partial charge in [-0.05, 0) is 64.2 Å². The summed E-state index contributed by atoms with van der Waals surface area (Å²) in [5.74, 6) is -0.805. The Balaban J connectivity index is 0.00000177. The summed E-state index contributed by atoms with van der Waals surface area (Å²) in [6, 6.07) is 10.9. The van der Waals surface area contributed by atoms with Gasteiger partial charge in [-0.15, -0.1) is 11.3 Å². The summed E-state index contributed by atoms with van der Waals surface area (Å²) >= 11 is 0.973. The Morgan fingerprint density at radius 3 is 2.49 bits per heavy atom. The van der Waals surface area contributed by atoms with Crippen LogP contribution in [-0.2, 0) is 21.3 Å². The first-order valence-electron chi connectivity index (χ1n) is 13.3. The summed E-state index contributed by atoms with van der Waals surface area (Å²) in [6.07, 6.45) is -3.13. The number of benzene rings is 2. The van der Waals surface area contributed by atoms with E-state index >= 15 is 0 Å². The maximum atomic E-state index is 13.6. The van der Waals surface area contributed by atoms with E-state index < -0.39 is 40.1 Å². The van der Waals surface area contributed by atoms with Gasteiger partial charge in [0.25, 0.3) is 12.4 Å². The third-order valence-electron chi connectivity index (χ3n) is 6.52. The number of nitrogens with one attached hydrogen (secondary N) is 1. The Morgan fingerprint density at radius 1 is 1.22 bits per heavy atom. The molecule has 4 rings (SSSR count). The van der Waals surface area contributed by atoms with Crippen molar-refractivity contribution in [3.63, 3.8) is 0 Å². The number of nitrogens with two attached hydrogens (primary N) is 1. The first-order chi connectivity index (χ1) is 21.1. The van der Waals surface area contributed by atoms with Crippen LogP contribution in [0.5, 0.6) is 5.75 Å². The minimum atomic E-state index is -4.59. The van der Waals surface area contributed by atoms with Crippen LogP contribution < -0.4 is 15.2 Å². The molecule has 0 bridgehead atoms. The number of hydrogen-bond acceptors (Lipinski definition) is 8. The van der Waals surface area contributed by atoms with Gasteiger partial charge in [0.1, 0.15) is 28.1 Å². The number of ether oxygens (including phenoxy) is 1. The SMILES string of the molecule is C[C@@H](Oc1cc(-n2cnc3ccc(C(CCCN(C)C)NS(=O)(=O)O)cc32)sc1C(N)=O)c1ccccc1C(F)(F)F.O=CO. The zero-order valence-corrected chi connectivity index (χ0v) is 26.0. The first-order valence-corrected chi connectivity index (χ1v) is 15.5. The molecule has 0 spiro atoms. The molecule has 0 saturated heterocycles. The number of imidazole rings is 1.